The molecule has 0 unspecified atom stereocenters. The number of benzene rings is 3. The zero-order valence-corrected chi connectivity index (χ0v) is 17.1. The molecule has 0 saturated carbocycles. The summed E-state index contributed by atoms with van der Waals surface area (Å²) in [5.41, 5.74) is 1.99. The molecule has 4 nitrogen and oxygen atoms in total. The summed E-state index contributed by atoms with van der Waals surface area (Å²) in [6.07, 6.45) is 0. The highest BCUT2D eigenvalue weighted by atomic mass is 32.2. The molecule has 0 atom stereocenters. The zero-order valence-electron chi connectivity index (χ0n) is 16.3. The third-order valence-corrected chi connectivity index (χ3v) is 5.47. The predicted octanol–water partition coefficient (Wildman–Crippen LogP) is 5.73. The van der Waals surface area contributed by atoms with Crippen molar-refractivity contribution in [2.45, 2.75) is 24.4 Å². The summed E-state index contributed by atoms with van der Waals surface area (Å²) >= 11 is 1.22. The number of para-hydroxylation sites is 1. The van der Waals surface area contributed by atoms with E-state index in [4.69, 9.17) is 4.74 Å². The Balaban J connectivity index is 1.62. The van der Waals surface area contributed by atoms with Gasteiger partial charge in [-0.3, -0.25) is 4.57 Å². The molecule has 0 amide bonds. The van der Waals surface area contributed by atoms with E-state index in [2.05, 4.69) is 10.2 Å². The first-order valence-electron chi connectivity index (χ1n) is 9.36. The van der Waals surface area contributed by atoms with Gasteiger partial charge in [0.25, 0.3) is 0 Å². The summed E-state index contributed by atoms with van der Waals surface area (Å²) in [6.45, 7) is 2.21. The maximum atomic E-state index is 14.0. The van der Waals surface area contributed by atoms with Gasteiger partial charge >= 0.3 is 0 Å². The molecule has 0 radical (unpaired) electrons. The van der Waals surface area contributed by atoms with Crippen molar-refractivity contribution in [3.63, 3.8) is 0 Å². The monoisotopic (exact) mass is 423 g/mol. The Morgan fingerprint density at radius 2 is 1.57 bits per heavy atom. The summed E-state index contributed by atoms with van der Waals surface area (Å²) in [6, 6.07) is 21.2. The van der Waals surface area contributed by atoms with Crippen LogP contribution in [0.5, 0.6) is 5.75 Å². The maximum Gasteiger partial charge on any atom is 0.196 e. The number of aromatic nitrogens is 3. The SMILES string of the molecule is Cc1ccc(-n2c(COc3ccccc3)nnc2SCc2c(F)cccc2F)cc1. The van der Waals surface area contributed by atoms with Crippen LogP contribution in [0.3, 0.4) is 0 Å². The van der Waals surface area contributed by atoms with Crippen LogP contribution in [0.2, 0.25) is 0 Å². The van der Waals surface area contributed by atoms with E-state index >= 15 is 0 Å². The highest BCUT2D eigenvalue weighted by molar-refractivity contribution is 7.98. The third-order valence-electron chi connectivity index (χ3n) is 4.51. The van der Waals surface area contributed by atoms with Crippen LogP contribution < -0.4 is 4.74 Å². The minimum atomic E-state index is -0.573. The first-order valence-corrected chi connectivity index (χ1v) is 10.4. The molecule has 4 aromatic rings. The van der Waals surface area contributed by atoms with Crippen molar-refractivity contribution in [1.82, 2.24) is 14.8 Å². The molecule has 0 spiro atoms. The number of halogens is 2. The first-order chi connectivity index (χ1) is 14.6. The van der Waals surface area contributed by atoms with Gasteiger partial charge in [-0.25, -0.2) is 8.78 Å². The first kappa shape index (κ1) is 20.1. The van der Waals surface area contributed by atoms with Crippen molar-refractivity contribution in [1.29, 1.82) is 0 Å². The van der Waals surface area contributed by atoms with Crippen LogP contribution in [0, 0.1) is 18.6 Å². The van der Waals surface area contributed by atoms with E-state index in [1.54, 1.807) is 0 Å². The zero-order chi connectivity index (χ0) is 20.9. The second-order valence-electron chi connectivity index (χ2n) is 6.66. The highest BCUT2D eigenvalue weighted by Crippen LogP contribution is 2.28. The summed E-state index contributed by atoms with van der Waals surface area (Å²) in [7, 11) is 0. The Kier molecular flexibility index (Phi) is 6.09. The molecule has 4 rings (SSSR count). The van der Waals surface area contributed by atoms with E-state index in [-0.39, 0.29) is 17.9 Å². The van der Waals surface area contributed by atoms with Gasteiger partial charge < -0.3 is 4.74 Å². The smallest absolute Gasteiger partial charge is 0.196 e. The molecule has 152 valence electrons. The fourth-order valence-electron chi connectivity index (χ4n) is 2.91. The molecule has 0 bridgehead atoms. The van der Waals surface area contributed by atoms with Crippen LogP contribution in [0.4, 0.5) is 8.78 Å². The third kappa shape index (κ3) is 4.52. The predicted molar refractivity (Wildman–Crippen MR) is 113 cm³/mol. The van der Waals surface area contributed by atoms with E-state index in [9.17, 15) is 8.78 Å². The Hall–Kier alpha value is -3.19. The van der Waals surface area contributed by atoms with Crippen LogP contribution in [0.15, 0.2) is 78.0 Å². The average Bonchev–Trinajstić information content (AvgIpc) is 3.16. The largest absolute Gasteiger partial charge is 0.486 e. The molecule has 0 aliphatic heterocycles. The highest BCUT2D eigenvalue weighted by Gasteiger charge is 2.17. The van der Waals surface area contributed by atoms with Crippen LogP contribution in [0.25, 0.3) is 5.69 Å². The molecule has 30 heavy (non-hydrogen) atoms. The van der Waals surface area contributed by atoms with Gasteiger partial charge in [-0.2, -0.15) is 0 Å². The number of rotatable bonds is 7. The molecule has 1 aromatic heterocycles. The lowest BCUT2D eigenvalue weighted by Gasteiger charge is -2.12. The van der Waals surface area contributed by atoms with E-state index in [0.29, 0.717) is 11.0 Å². The van der Waals surface area contributed by atoms with Crippen LogP contribution in [0.1, 0.15) is 17.0 Å². The summed E-state index contributed by atoms with van der Waals surface area (Å²) < 4.78 is 35.7. The standard InChI is InChI=1S/C23H19F2N3OS/c1-16-10-12-17(13-11-16)28-22(14-29-18-6-3-2-4-7-18)26-27-23(28)30-15-19-20(24)8-5-9-21(19)25/h2-13H,14-15H2,1H3. The number of hydrogen-bond donors (Lipinski definition) is 0. The number of thioether (sulfide) groups is 1. The fraction of sp³-hybridized carbons (Fsp3) is 0.130. The summed E-state index contributed by atoms with van der Waals surface area (Å²) in [5.74, 6) is 0.271. The fourth-order valence-corrected chi connectivity index (χ4v) is 3.90. The molecule has 7 heteroatoms. The molecular weight excluding hydrogens is 404 g/mol. The minimum absolute atomic E-state index is 0.0167. The van der Waals surface area contributed by atoms with E-state index < -0.39 is 11.6 Å². The van der Waals surface area contributed by atoms with Crippen molar-refractivity contribution >= 4 is 11.8 Å². The lowest BCUT2D eigenvalue weighted by Crippen LogP contribution is -2.07. The second-order valence-corrected chi connectivity index (χ2v) is 7.60. The molecule has 0 fully saturated rings. The molecule has 0 N–H and O–H groups in total. The lowest BCUT2D eigenvalue weighted by atomic mass is 10.2. The van der Waals surface area contributed by atoms with Crippen LogP contribution in [-0.2, 0) is 12.4 Å². The van der Waals surface area contributed by atoms with Crippen molar-refractivity contribution in [3.05, 3.63) is 101 Å². The van der Waals surface area contributed by atoms with Crippen LogP contribution in [-0.4, -0.2) is 14.8 Å². The van der Waals surface area contributed by atoms with Gasteiger partial charge in [0.1, 0.15) is 24.0 Å². The van der Waals surface area contributed by atoms with E-state index in [1.165, 1.54) is 30.0 Å². The summed E-state index contributed by atoms with van der Waals surface area (Å²) in [5, 5.41) is 9.05. The topological polar surface area (TPSA) is 39.9 Å². The van der Waals surface area contributed by atoms with Gasteiger partial charge in [-0.1, -0.05) is 53.7 Å². The molecule has 3 aromatic carbocycles. The lowest BCUT2D eigenvalue weighted by molar-refractivity contribution is 0.293. The number of aryl methyl sites for hydroxylation is 1. The van der Waals surface area contributed by atoms with Gasteiger partial charge in [0.15, 0.2) is 11.0 Å². The molecule has 1 heterocycles. The maximum absolute atomic E-state index is 14.0. The van der Waals surface area contributed by atoms with Gasteiger partial charge in [0, 0.05) is 17.0 Å². The minimum Gasteiger partial charge on any atom is -0.486 e. The Labute approximate surface area is 177 Å². The molecule has 0 aliphatic carbocycles. The van der Waals surface area contributed by atoms with Gasteiger partial charge in [-0.15, -0.1) is 10.2 Å². The number of ether oxygens (including phenoxy) is 1. The average molecular weight is 423 g/mol. The number of hydrogen-bond acceptors (Lipinski definition) is 4. The second kappa shape index (κ2) is 9.09. The van der Waals surface area contributed by atoms with Crippen molar-refractivity contribution in [3.8, 4) is 11.4 Å². The van der Waals surface area contributed by atoms with Gasteiger partial charge in [0.2, 0.25) is 0 Å². The Bertz CT molecular complexity index is 1110. The molecule has 0 aliphatic rings. The van der Waals surface area contributed by atoms with E-state index in [0.717, 1.165) is 17.0 Å². The van der Waals surface area contributed by atoms with Gasteiger partial charge in [0.05, 0.1) is 0 Å². The Morgan fingerprint density at radius 3 is 2.27 bits per heavy atom. The summed E-state index contributed by atoms with van der Waals surface area (Å²) in [4.78, 5) is 0. The quantitative estimate of drug-likeness (QED) is 0.356. The van der Waals surface area contributed by atoms with Crippen LogP contribution >= 0.6 is 11.8 Å². The van der Waals surface area contributed by atoms with Crippen molar-refractivity contribution < 1.29 is 13.5 Å². The van der Waals surface area contributed by atoms with Crippen molar-refractivity contribution in [2.75, 3.05) is 0 Å². The van der Waals surface area contributed by atoms with Gasteiger partial charge in [-0.05, 0) is 43.3 Å². The molecule has 0 saturated heterocycles. The molecular formula is C23H19F2N3OS. The number of nitrogens with zero attached hydrogens (tertiary/aromatic N) is 3. The van der Waals surface area contributed by atoms with Crippen molar-refractivity contribution in [2.24, 2.45) is 0 Å². The normalized spacial score (nSPS) is 10.9. The van der Waals surface area contributed by atoms with E-state index in [1.807, 2.05) is 66.1 Å². The Morgan fingerprint density at radius 1 is 0.867 bits per heavy atom.